The largest absolute Gasteiger partial charge is 0.329 e. The highest BCUT2D eigenvalue weighted by molar-refractivity contribution is 7.89. The van der Waals surface area contributed by atoms with Gasteiger partial charge in [0.1, 0.15) is 0 Å². The van der Waals surface area contributed by atoms with Gasteiger partial charge < -0.3 is 5.32 Å². The fourth-order valence-corrected chi connectivity index (χ4v) is 4.05. The summed E-state index contributed by atoms with van der Waals surface area (Å²) in [6, 6.07) is 13.5. The Morgan fingerprint density at radius 3 is 2.14 bits per heavy atom. The monoisotopic (exact) mass is 416 g/mol. The zero-order valence-corrected chi connectivity index (χ0v) is 17.4. The number of imidazole rings is 1. The van der Waals surface area contributed by atoms with Gasteiger partial charge in [-0.25, -0.2) is 17.5 Å². The molecule has 3 aromatic rings. The Morgan fingerprint density at radius 2 is 1.59 bits per heavy atom. The Morgan fingerprint density at radius 1 is 1.00 bits per heavy atom. The van der Waals surface area contributed by atoms with E-state index in [4.69, 9.17) is 0 Å². The molecule has 1 aromatic heterocycles. The Labute approximate surface area is 169 Å². The van der Waals surface area contributed by atoms with Crippen LogP contribution in [0.5, 0.6) is 0 Å². The number of nitrogens with zero attached hydrogens (tertiary/aromatic N) is 3. The number of aromatic nitrogens is 2. The lowest BCUT2D eigenvalue weighted by atomic mass is 10.3. The second-order valence-corrected chi connectivity index (χ2v) is 8.93. The van der Waals surface area contributed by atoms with Gasteiger partial charge in [0, 0.05) is 39.3 Å². The van der Waals surface area contributed by atoms with Gasteiger partial charge in [-0.3, -0.25) is 13.9 Å². The smallest absolute Gasteiger partial charge is 0.326 e. The maximum absolute atomic E-state index is 12.6. The standard InChI is InChI=1S/C20H24N4O4S/c1-4-23-17-7-5-6-8-18(17)24(20(23)26)14-13-19(25)21-15-9-11-16(12-10-15)29(27,28)22(2)3/h5-12H,4,13-14H2,1-3H3,(H,21,25). The minimum atomic E-state index is -3.51. The van der Waals surface area contributed by atoms with E-state index in [0.717, 1.165) is 15.3 Å². The molecule has 3 rings (SSSR count). The second kappa shape index (κ2) is 8.22. The number of aryl methyl sites for hydroxylation is 2. The summed E-state index contributed by atoms with van der Waals surface area (Å²) in [7, 11) is -0.592. The summed E-state index contributed by atoms with van der Waals surface area (Å²) in [4.78, 5) is 25.1. The first kappa shape index (κ1) is 20.8. The Hall–Kier alpha value is -2.91. The molecule has 0 saturated carbocycles. The van der Waals surface area contributed by atoms with Gasteiger partial charge in [0.25, 0.3) is 0 Å². The lowest BCUT2D eigenvalue weighted by molar-refractivity contribution is -0.116. The van der Waals surface area contributed by atoms with Crippen molar-refractivity contribution in [3.8, 4) is 0 Å². The van der Waals surface area contributed by atoms with Crippen LogP contribution in [0.1, 0.15) is 13.3 Å². The molecule has 1 N–H and O–H groups in total. The third-order valence-electron chi connectivity index (χ3n) is 4.72. The van der Waals surface area contributed by atoms with E-state index >= 15 is 0 Å². The molecule has 29 heavy (non-hydrogen) atoms. The molecule has 0 radical (unpaired) electrons. The van der Waals surface area contributed by atoms with Gasteiger partial charge in [0.15, 0.2) is 0 Å². The van der Waals surface area contributed by atoms with Crippen molar-refractivity contribution in [2.75, 3.05) is 19.4 Å². The summed E-state index contributed by atoms with van der Waals surface area (Å²) in [5, 5.41) is 2.74. The maximum Gasteiger partial charge on any atom is 0.329 e. The van der Waals surface area contributed by atoms with Crippen molar-refractivity contribution in [2.24, 2.45) is 0 Å². The number of rotatable bonds is 7. The van der Waals surface area contributed by atoms with Crippen LogP contribution >= 0.6 is 0 Å². The molecular formula is C20H24N4O4S. The van der Waals surface area contributed by atoms with Gasteiger partial charge in [0.2, 0.25) is 15.9 Å². The number of sulfonamides is 1. The molecule has 0 bridgehead atoms. The van der Waals surface area contributed by atoms with E-state index in [1.54, 1.807) is 21.3 Å². The number of carbonyl (C=O) groups is 1. The molecular weight excluding hydrogens is 392 g/mol. The van der Waals surface area contributed by atoms with Crippen LogP contribution in [0.4, 0.5) is 5.69 Å². The minimum Gasteiger partial charge on any atom is -0.326 e. The van der Waals surface area contributed by atoms with Gasteiger partial charge in [-0.1, -0.05) is 12.1 Å². The summed E-state index contributed by atoms with van der Waals surface area (Å²) >= 11 is 0. The molecule has 0 spiro atoms. The molecule has 1 amide bonds. The van der Waals surface area contributed by atoms with E-state index in [2.05, 4.69) is 5.32 Å². The number of carbonyl (C=O) groups excluding carboxylic acids is 1. The highest BCUT2D eigenvalue weighted by Gasteiger charge is 2.17. The maximum atomic E-state index is 12.6. The molecule has 9 heteroatoms. The van der Waals surface area contributed by atoms with Crippen LogP contribution in [0.15, 0.2) is 58.2 Å². The molecule has 2 aromatic carbocycles. The number of nitrogens with one attached hydrogen (secondary N) is 1. The molecule has 0 aliphatic heterocycles. The van der Waals surface area contributed by atoms with Crippen LogP contribution in [0.25, 0.3) is 11.0 Å². The van der Waals surface area contributed by atoms with Crippen molar-refractivity contribution in [3.63, 3.8) is 0 Å². The minimum absolute atomic E-state index is 0.120. The van der Waals surface area contributed by atoms with Gasteiger partial charge in [-0.2, -0.15) is 0 Å². The first-order valence-electron chi connectivity index (χ1n) is 9.26. The number of para-hydroxylation sites is 2. The van der Waals surface area contributed by atoms with Crippen LogP contribution in [0.3, 0.4) is 0 Å². The van der Waals surface area contributed by atoms with Crippen molar-refractivity contribution in [1.29, 1.82) is 0 Å². The topological polar surface area (TPSA) is 93.4 Å². The number of benzene rings is 2. The third-order valence-corrected chi connectivity index (χ3v) is 6.55. The third kappa shape index (κ3) is 4.10. The van der Waals surface area contributed by atoms with Crippen molar-refractivity contribution in [3.05, 3.63) is 59.0 Å². The quantitative estimate of drug-likeness (QED) is 0.638. The van der Waals surface area contributed by atoms with Gasteiger partial charge in [-0.05, 0) is 43.3 Å². The summed E-state index contributed by atoms with van der Waals surface area (Å²) in [5.41, 5.74) is 2.00. The zero-order valence-electron chi connectivity index (χ0n) is 16.6. The first-order valence-corrected chi connectivity index (χ1v) is 10.7. The average molecular weight is 417 g/mol. The van der Waals surface area contributed by atoms with Crippen molar-refractivity contribution in [2.45, 2.75) is 31.3 Å². The molecule has 154 valence electrons. The molecule has 0 unspecified atom stereocenters. The number of hydrogen-bond donors (Lipinski definition) is 1. The van der Waals surface area contributed by atoms with Crippen LogP contribution in [0, 0.1) is 0 Å². The number of amides is 1. The number of fused-ring (bicyclic) bond motifs is 1. The molecule has 0 fully saturated rings. The lowest BCUT2D eigenvalue weighted by Gasteiger charge is -2.12. The van der Waals surface area contributed by atoms with E-state index in [0.29, 0.717) is 12.2 Å². The van der Waals surface area contributed by atoms with Gasteiger partial charge >= 0.3 is 5.69 Å². The first-order chi connectivity index (χ1) is 13.8. The predicted octanol–water partition coefficient (Wildman–Crippen LogP) is 2.10. The fourth-order valence-electron chi connectivity index (χ4n) is 3.15. The van der Waals surface area contributed by atoms with Crippen LogP contribution in [-0.4, -0.2) is 41.9 Å². The lowest BCUT2D eigenvalue weighted by Crippen LogP contribution is -2.25. The highest BCUT2D eigenvalue weighted by atomic mass is 32.2. The van der Waals surface area contributed by atoms with Crippen molar-refractivity contribution in [1.82, 2.24) is 13.4 Å². The van der Waals surface area contributed by atoms with E-state index in [-0.39, 0.29) is 29.5 Å². The summed E-state index contributed by atoms with van der Waals surface area (Å²) in [6.45, 7) is 2.72. The summed E-state index contributed by atoms with van der Waals surface area (Å²) in [5.74, 6) is -0.256. The van der Waals surface area contributed by atoms with E-state index in [1.165, 1.54) is 26.2 Å². The molecule has 1 heterocycles. The number of hydrogen-bond acceptors (Lipinski definition) is 4. The molecule has 0 aliphatic carbocycles. The van der Waals surface area contributed by atoms with E-state index in [9.17, 15) is 18.0 Å². The van der Waals surface area contributed by atoms with Crippen molar-refractivity contribution < 1.29 is 13.2 Å². The second-order valence-electron chi connectivity index (χ2n) is 6.78. The highest BCUT2D eigenvalue weighted by Crippen LogP contribution is 2.17. The van der Waals surface area contributed by atoms with Crippen LogP contribution in [0.2, 0.25) is 0 Å². The molecule has 0 atom stereocenters. The molecule has 8 nitrogen and oxygen atoms in total. The van der Waals surface area contributed by atoms with Gasteiger partial charge in [0.05, 0.1) is 15.9 Å². The fraction of sp³-hybridized carbons (Fsp3) is 0.300. The normalized spacial score (nSPS) is 11.9. The van der Waals surface area contributed by atoms with E-state index < -0.39 is 10.0 Å². The SMILES string of the molecule is CCn1c(=O)n(CCC(=O)Nc2ccc(S(=O)(=O)N(C)C)cc2)c2ccccc21. The average Bonchev–Trinajstić information content (AvgIpc) is 2.97. The number of anilines is 1. The van der Waals surface area contributed by atoms with Crippen LogP contribution in [-0.2, 0) is 27.9 Å². The Kier molecular flexibility index (Phi) is 5.90. The Balaban J connectivity index is 1.71. The summed E-state index contributed by atoms with van der Waals surface area (Å²) < 4.78 is 28.6. The van der Waals surface area contributed by atoms with Gasteiger partial charge in [-0.15, -0.1) is 0 Å². The Bertz CT molecular complexity index is 1190. The summed E-state index contributed by atoms with van der Waals surface area (Å²) in [6.07, 6.45) is 0.120. The zero-order chi connectivity index (χ0) is 21.2. The van der Waals surface area contributed by atoms with E-state index in [1.807, 2.05) is 31.2 Å². The molecule has 0 saturated heterocycles. The predicted molar refractivity (Wildman–Crippen MR) is 112 cm³/mol. The van der Waals surface area contributed by atoms with Crippen molar-refractivity contribution >= 4 is 32.7 Å². The molecule has 0 aliphatic rings. The van der Waals surface area contributed by atoms with Crippen LogP contribution < -0.4 is 11.0 Å².